The number of fused-ring (bicyclic) bond motifs is 4. The van der Waals surface area contributed by atoms with Gasteiger partial charge in [-0.2, -0.15) is 0 Å². The van der Waals surface area contributed by atoms with E-state index in [2.05, 4.69) is 4.90 Å². The number of urea groups is 1. The van der Waals surface area contributed by atoms with Gasteiger partial charge in [0.15, 0.2) is 5.41 Å². The van der Waals surface area contributed by atoms with Crippen molar-refractivity contribution in [2.75, 3.05) is 45.2 Å². The first kappa shape index (κ1) is 19.3. The number of carbonyl (C=O) groups excluding carboxylic acids is 3. The number of piperazine rings is 1. The number of carbonyl (C=O) groups is 3. The standard InChI is InChI=1S/C19H23N5O5/c1-4-22-7-8-23-14-6-5-13(24(28)29)9-12(14)10-19(15(23)11-22)16(25)20(2)18(27)21(3)17(19)26/h5-6,9,15H,4,7-8,10-11H2,1-3H3/t15-/m1/s1. The number of hydrogen-bond acceptors (Lipinski definition) is 7. The third kappa shape index (κ3) is 2.55. The van der Waals surface area contributed by atoms with E-state index in [1.165, 1.54) is 26.2 Å². The summed E-state index contributed by atoms with van der Waals surface area (Å²) in [6, 6.07) is 3.47. The molecule has 1 spiro atoms. The average Bonchev–Trinajstić information content (AvgIpc) is 2.74. The first-order valence-electron chi connectivity index (χ1n) is 9.59. The average molecular weight is 401 g/mol. The maximum atomic E-state index is 13.4. The van der Waals surface area contributed by atoms with Crippen LogP contribution in [0.5, 0.6) is 0 Å². The van der Waals surface area contributed by atoms with Gasteiger partial charge in [-0.25, -0.2) is 4.79 Å². The van der Waals surface area contributed by atoms with Crippen LogP contribution in [0, 0.1) is 15.5 Å². The van der Waals surface area contributed by atoms with Crippen LogP contribution in [0.4, 0.5) is 16.2 Å². The lowest BCUT2D eigenvalue weighted by atomic mass is 9.67. The summed E-state index contributed by atoms with van der Waals surface area (Å²) in [5, 5.41) is 11.3. The summed E-state index contributed by atoms with van der Waals surface area (Å²) in [5.41, 5.74) is -0.186. The van der Waals surface area contributed by atoms with E-state index in [1.807, 2.05) is 11.8 Å². The smallest absolute Gasteiger partial charge is 0.332 e. The van der Waals surface area contributed by atoms with Crippen molar-refractivity contribution in [3.8, 4) is 0 Å². The molecule has 2 saturated heterocycles. The van der Waals surface area contributed by atoms with Gasteiger partial charge in [0, 0.05) is 58.0 Å². The number of likely N-dealkylation sites (N-methyl/N-ethyl adjacent to an activating group) is 1. The van der Waals surface area contributed by atoms with Gasteiger partial charge in [0.2, 0.25) is 11.8 Å². The number of nitro groups is 1. The largest absolute Gasteiger partial charge is 0.364 e. The Kier molecular flexibility index (Phi) is 4.34. The number of rotatable bonds is 2. The van der Waals surface area contributed by atoms with E-state index >= 15 is 0 Å². The molecule has 1 aromatic carbocycles. The zero-order valence-corrected chi connectivity index (χ0v) is 16.6. The Labute approximate surface area is 167 Å². The fraction of sp³-hybridized carbons (Fsp3) is 0.526. The maximum Gasteiger partial charge on any atom is 0.332 e. The van der Waals surface area contributed by atoms with E-state index < -0.39 is 34.2 Å². The Hall–Kier alpha value is -3.01. The van der Waals surface area contributed by atoms with Crippen molar-refractivity contribution in [1.29, 1.82) is 0 Å². The van der Waals surface area contributed by atoms with Crippen LogP contribution >= 0.6 is 0 Å². The summed E-state index contributed by atoms with van der Waals surface area (Å²) >= 11 is 0. The number of benzene rings is 1. The Bertz CT molecular complexity index is 908. The molecule has 4 amide bonds. The van der Waals surface area contributed by atoms with E-state index in [1.54, 1.807) is 6.07 Å². The van der Waals surface area contributed by atoms with Crippen LogP contribution in [0.1, 0.15) is 12.5 Å². The molecule has 0 bridgehead atoms. The zero-order valence-electron chi connectivity index (χ0n) is 16.6. The van der Waals surface area contributed by atoms with E-state index in [0.717, 1.165) is 28.6 Å². The molecule has 1 atom stereocenters. The van der Waals surface area contributed by atoms with Crippen molar-refractivity contribution < 1.29 is 19.3 Å². The van der Waals surface area contributed by atoms with E-state index in [4.69, 9.17) is 0 Å². The minimum absolute atomic E-state index is 0.0301. The van der Waals surface area contributed by atoms with E-state index in [9.17, 15) is 24.5 Å². The van der Waals surface area contributed by atoms with Gasteiger partial charge in [-0.15, -0.1) is 0 Å². The van der Waals surface area contributed by atoms with Crippen LogP contribution in [0.3, 0.4) is 0 Å². The summed E-state index contributed by atoms with van der Waals surface area (Å²) in [6.07, 6.45) is 0.0301. The van der Waals surface area contributed by atoms with Gasteiger partial charge in [-0.1, -0.05) is 6.92 Å². The molecule has 0 N–H and O–H groups in total. The SMILES string of the molecule is CCN1CCN2c3ccc([N+](=O)[O-])cc3CC3(C(=O)N(C)C(=O)N(C)C3=O)[C@H]2C1. The molecule has 3 aliphatic heterocycles. The summed E-state index contributed by atoms with van der Waals surface area (Å²) in [4.78, 5) is 56.2. The molecule has 0 aromatic heterocycles. The number of nitrogens with zero attached hydrogens (tertiary/aromatic N) is 5. The van der Waals surface area contributed by atoms with Crippen LogP contribution in [0.2, 0.25) is 0 Å². The molecule has 3 heterocycles. The van der Waals surface area contributed by atoms with Crippen LogP contribution in [0.15, 0.2) is 18.2 Å². The Morgan fingerprint density at radius 2 is 1.79 bits per heavy atom. The monoisotopic (exact) mass is 401 g/mol. The molecule has 154 valence electrons. The molecular weight excluding hydrogens is 378 g/mol. The quantitative estimate of drug-likeness (QED) is 0.408. The molecule has 0 radical (unpaired) electrons. The Morgan fingerprint density at radius 1 is 1.14 bits per heavy atom. The highest BCUT2D eigenvalue weighted by molar-refractivity contribution is 6.20. The van der Waals surface area contributed by atoms with E-state index in [0.29, 0.717) is 18.7 Å². The third-order valence-corrected chi connectivity index (χ3v) is 6.48. The molecule has 0 saturated carbocycles. The molecule has 3 aliphatic rings. The van der Waals surface area contributed by atoms with Gasteiger partial charge in [-0.05, 0) is 18.2 Å². The van der Waals surface area contributed by atoms with Crippen molar-refractivity contribution in [2.24, 2.45) is 5.41 Å². The number of nitro benzene ring substituents is 1. The summed E-state index contributed by atoms with van der Waals surface area (Å²) in [6.45, 7) is 4.65. The molecule has 4 rings (SSSR count). The molecule has 29 heavy (non-hydrogen) atoms. The topological polar surface area (TPSA) is 107 Å². The van der Waals surface area contributed by atoms with E-state index in [-0.39, 0.29) is 12.1 Å². The third-order valence-electron chi connectivity index (χ3n) is 6.48. The predicted octanol–water partition coefficient (Wildman–Crippen LogP) is 0.698. The Morgan fingerprint density at radius 3 is 2.38 bits per heavy atom. The first-order valence-corrected chi connectivity index (χ1v) is 9.59. The number of imide groups is 2. The molecule has 0 aliphatic carbocycles. The van der Waals surface area contributed by atoms with Gasteiger partial charge in [0.05, 0.1) is 11.0 Å². The van der Waals surface area contributed by atoms with Gasteiger partial charge >= 0.3 is 6.03 Å². The van der Waals surface area contributed by atoms with Gasteiger partial charge in [0.1, 0.15) is 0 Å². The lowest BCUT2D eigenvalue weighted by Crippen LogP contribution is -2.74. The van der Waals surface area contributed by atoms with Crippen LogP contribution in [0.25, 0.3) is 0 Å². The van der Waals surface area contributed by atoms with Crippen molar-refractivity contribution in [1.82, 2.24) is 14.7 Å². The fourth-order valence-corrected chi connectivity index (χ4v) is 4.89. The number of amides is 4. The number of hydrogen-bond donors (Lipinski definition) is 0. The second-order valence-electron chi connectivity index (χ2n) is 7.83. The molecule has 2 fully saturated rings. The predicted molar refractivity (Wildman–Crippen MR) is 103 cm³/mol. The highest BCUT2D eigenvalue weighted by Gasteiger charge is 2.63. The van der Waals surface area contributed by atoms with Crippen molar-refractivity contribution in [3.05, 3.63) is 33.9 Å². The number of barbiturate groups is 1. The van der Waals surface area contributed by atoms with Crippen molar-refractivity contribution in [2.45, 2.75) is 19.4 Å². The van der Waals surface area contributed by atoms with Gasteiger partial charge < -0.3 is 4.90 Å². The van der Waals surface area contributed by atoms with Gasteiger partial charge in [0.25, 0.3) is 5.69 Å². The second kappa shape index (κ2) is 6.51. The Balaban J connectivity index is 1.91. The molecule has 0 unspecified atom stereocenters. The first-order chi connectivity index (χ1) is 13.7. The lowest BCUT2D eigenvalue weighted by Gasteiger charge is -2.56. The highest BCUT2D eigenvalue weighted by atomic mass is 16.6. The fourth-order valence-electron chi connectivity index (χ4n) is 4.89. The zero-order chi connectivity index (χ0) is 21.1. The molecular formula is C19H23N5O5. The van der Waals surface area contributed by atoms with Crippen LogP contribution in [-0.2, 0) is 16.0 Å². The van der Waals surface area contributed by atoms with Crippen molar-refractivity contribution in [3.63, 3.8) is 0 Å². The summed E-state index contributed by atoms with van der Waals surface area (Å²) in [5.74, 6) is -1.09. The molecule has 10 nitrogen and oxygen atoms in total. The molecule has 1 aromatic rings. The highest BCUT2D eigenvalue weighted by Crippen LogP contribution is 2.47. The number of non-ortho nitro benzene ring substituents is 1. The second-order valence-corrected chi connectivity index (χ2v) is 7.83. The summed E-state index contributed by atoms with van der Waals surface area (Å²) in [7, 11) is 2.76. The van der Waals surface area contributed by atoms with Crippen LogP contribution in [-0.4, -0.2) is 83.8 Å². The lowest BCUT2D eigenvalue weighted by molar-refractivity contribution is -0.384. The number of anilines is 1. The summed E-state index contributed by atoms with van der Waals surface area (Å²) < 4.78 is 0. The van der Waals surface area contributed by atoms with Crippen LogP contribution < -0.4 is 4.90 Å². The van der Waals surface area contributed by atoms with Crippen molar-refractivity contribution >= 4 is 29.2 Å². The minimum atomic E-state index is -1.49. The van der Waals surface area contributed by atoms with Gasteiger partial charge in [-0.3, -0.25) is 34.4 Å². The molecule has 10 heteroatoms. The normalized spacial score (nSPS) is 24.0. The maximum absolute atomic E-state index is 13.4. The minimum Gasteiger partial charge on any atom is -0.364 e.